The van der Waals surface area contributed by atoms with Crippen LogP contribution in [0.5, 0.6) is 0 Å². The van der Waals surface area contributed by atoms with Gasteiger partial charge in [0.2, 0.25) is 5.91 Å². The summed E-state index contributed by atoms with van der Waals surface area (Å²) >= 11 is 1.71. The van der Waals surface area contributed by atoms with Crippen molar-refractivity contribution in [1.29, 1.82) is 0 Å². The van der Waals surface area contributed by atoms with Crippen LogP contribution in [0.25, 0.3) is 0 Å². The molecule has 2 fully saturated rings. The summed E-state index contributed by atoms with van der Waals surface area (Å²) in [4.78, 5) is 27.9. The topological polar surface area (TPSA) is 64.7 Å². The number of urea groups is 1. The number of rotatable bonds is 5. The Morgan fingerprint density at radius 2 is 1.85 bits per heavy atom. The monoisotopic (exact) mass is 380 g/mol. The smallest absolute Gasteiger partial charge is 0.311 e. The number of carbonyl (C=O) groups is 2. The first-order valence-corrected chi connectivity index (χ1v) is 9.92. The van der Waals surface area contributed by atoms with Crippen molar-refractivity contribution in [3.05, 3.63) is 35.6 Å². The number of nitrogens with one attached hydrogen (secondary N) is 2. The van der Waals surface area contributed by atoms with E-state index in [4.69, 9.17) is 0 Å². The molecule has 2 aliphatic heterocycles. The molecule has 3 amide bonds. The highest BCUT2D eigenvalue weighted by Gasteiger charge is 2.50. The number of amides is 3. The molecule has 8 heteroatoms. The molecule has 3 rings (SSSR count). The van der Waals surface area contributed by atoms with Crippen molar-refractivity contribution in [2.45, 2.75) is 37.5 Å². The number of hydrogen-bond donors (Lipinski definition) is 2. The number of halogens is 1. The van der Waals surface area contributed by atoms with Gasteiger partial charge in [0, 0.05) is 14.1 Å². The lowest BCUT2D eigenvalue weighted by atomic mass is 9.96. The predicted octanol–water partition coefficient (Wildman–Crippen LogP) is 2.34. The summed E-state index contributed by atoms with van der Waals surface area (Å²) in [5.74, 6) is 0.0892. The molecule has 1 aromatic carbocycles. The average molecular weight is 380 g/mol. The Bertz CT molecular complexity index is 672. The van der Waals surface area contributed by atoms with Crippen LogP contribution in [0.4, 0.5) is 9.18 Å². The molecular weight excluding hydrogens is 355 g/mol. The van der Waals surface area contributed by atoms with E-state index in [1.54, 1.807) is 35.8 Å². The Kier molecular flexibility index (Phi) is 5.84. The summed E-state index contributed by atoms with van der Waals surface area (Å²) in [7, 11) is 3.23. The van der Waals surface area contributed by atoms with Gasteiger partial charge in [0.25, 0.3) is 0 Å². The molecular formula is C18H25FN4O2S. The van der Waals surface area contributed by atoms with Crippen molar-refractivity contribution in [3.63, 3.8) is 0 Å². The lowest BCUT2D eigenvalue weighted by Crippen LogP contribution is -2.72. The molecule has 0 aliphatic carbocycles. The minimum Gasteiger partial charge on any atom is -0.311 e. The van der Waals surface area contributed by atoms with Crippen molar-refractivity contribution < 1.29 is 14.0 Å². The first-order chi connectivity index (χ1) is 12.4. The summed E-state index contributed by atoms with van der Waals surface area (Å²) in [5.41, 5.74) is 0.873. The molecule has 4 atom stereocenters. The first kappa shape index (κ1) is 19.1. The number of benzene rings is 1. The van der Waals surface area contributed by atoms with Crippen LogP contribution in [0.2, 0.25) is 0 Å². The molecule has 2 saturated heterocycles. The second-order valence-electron chi connectivity index (χ2n) is 6.72. The zero-order valence-corrected chi connectivity index (χ0v) is 16.1. The zero-order chi connectivity index (χ0) is 18.8. The van der Waals surface area contributed by atoms with E-state index >= 15 is 0 Å². The minimum atomic E-state index is -0.401. The van der Waals surface area contributed by atoms with Crippen molar-refractivity contribution in [3.8, 4) is 0 Å². The second kappa shape index (κ2) is 7.94. The number of carbonyl (C=O) groups excluding carboxylic acids is 2. The maximum atomic E-state index is 13.3. The van der Waals surface area contributed by atoms with Gasteiger partial charge in [-0.25, -0.2) is 9.18 Å². The molecule has 0 spiro atoms. The number of thioether (sulfide) groups is 1. The Morgan fingerprint density at radius 1 is 1.15 bits per heavy atom. The molecule has 0 bridgehead atoms. The minimum absolute atomic E-state index is 0.131. The van der Waals surface area contributed by atoms with Gasteiger partial charge in [-0.2, -0.15) is 0 Å². The summed E-state index contributed by atoms with van der Waals surface area (Å²) in [5, 5.41) is 6.70. The van der Waals surface area contributed by atoms with E-state index in [0.717, 1.165) is 24.2 Å². The lowest BCUT2D eigenvalue weighted by Gasteiger charge is -2.50. The van der Waals surface area contributed by atoms with Crippen LogP contribution in [0, 0.1) is 11.7 Å². The van der Waals surface area contributed by atoms with Crippen LogP contribution in [0.3, 0.4) is 0 Å². The van der Waals surface area contributed by atoms with Gasteiger partial charge >= 0.3 is 6.03 Å². The molecule has 142 valence electrons. The number of unbranched alkanes of at least 4 members (excludes halogenated alkanes) is 1. The third-order valence-electron chi connectivity index (χ3n) is 4.95. The number of hydrogen-bond acceptors (Lipinski definition) is 5. The van der Waals surface area contributed by atoms with Crippen LogP contribution in [-0.2, 0) is 4.79 Å². The van der Waals surface area contributed by atoms with Gasteiger partial charge in [-0.1, -0.05) is 25.5 Å². The summed E-state index contributed by atoms with van der Waals surface area (Å²) < 4.78 is 13.3. The molecule has 0 saturated carbocycles. The number of nitrogens with zero attached hydrogens (tertiary/aromatic N) is 2. The Morgan fingerprint density at radius 3 is 2.50 bits per heavy atom. The summed E-state index contributed by atoms with van der Waals surface area (Å²) in [6.45, 7) is 2.13. The molecule has 6 nitrogen and oxygen atoms in total. The van der Waals surface area contributed by atoms with Gasteiger partial charge in [0.15, 0.2) is 0 Å². The van der Waals surface area contributed by atoms with Crippen molar-refractivity contribution >= 4 is 23.7 Å². The van der Waals surface area contributed by atoms with Crippen LogP contribution >= 0.6 is 11.8 Å². The highest BCUT2D eigenvalue weighted by atomic mass is 32.2. The predicted molar refractivity (Wildman–Crippen MR) is 99.8 cm³/mol. The van der Waals surface area contributed by atoms with Crippen LogP contribution in [-0.4, -0.2) is 53.1 Å². The summed E-state index contributed by atoms with van der Waals surface area (Å²) in [6, 6.07) is 5.94. The Hall–Kier alpha value is -1.64. The maximum Gasteiger partial charge on any atom is 0.327 e. The summed E-state index contributed by atoms with van der Waals surface area (Å²) in [6.07, 6.45) is 1.48. The van der Waals surface area contributed by atoms with Gasteiger partial charge < -0.3 is 4.90 Å². The third kappa shape index (κ3) is 3.58. The molecule has 1 aromatic rings. The Labute approximate surface area is 157 Å². The van der Waals surface area contributed by atoms with Gasteiger partial charge in [0.1, 0.15) is 5.82 Å². The highest BCUT2D eigenvalue weighted by molar-refractivity contribution is 7.99. The second-order valence-corrected chi connectivity index (χ2v) is 7.97. The molecule has 2 N–H and O–H groups in total. The van der Waals surface area contributed by atoms with E-state index in [9.17, 15) is 14.0 Å². The average Bonchev–Trinajstić information content (AvgIpc) is 2.65. The van der Waals surface area contributed by atoms with Crippen LogP contribution in [0.1, 0.15) is 31.5 Å². The largest absolute Gasteiger partial charge is 0.327 e. The van der Waals surface area contributed by atoms with Crippen LogP contribution in [0.15, 0.2) is 24.3 Å². The molecule has 4 unspecified atom stereocenters. The fraction of sp³-hybridized carbons (Fsp3) is 0.556. The normalized spacial score (nSPS) is 29.1. The van der Waals surface area contributed by atoms with E-state index in [2.05, 4.69) is 17.6 Å². The van der Waals surface area contributed by atoms with E-state index in [1.807, 2.05) is 0 Å². The fourth-order valence-corrected chi connectivity index (χ4v) is 4.82. The standard InChI is InChI=1S/C18H25FN4O2S/c1-4-5-10-26-16-13-15(22(2)18(25)23(3)17(13)24)20-14(21-16)11-6-8-12(19)9-7-11/h6-9,13-16,20-21H,4-5,10H2,1-3H3. The SMILES string of the molecule is CCCCSC1NC(c2ccc(F)cc2)NC2C1C(=O)N(C)C(=O)N2C. The Balaban J connectivity index is 1.88. The van der Waals surface area contributed by atoms with Crippen LogP contribution < -0.4 is 10.6 Å². The molecule has 0 aromatic heterocycles. The third-order valence-corrected chi connectivity index (χ3v) is 6.27. The molecule has 2 heterocycles. The number of fused-ring (bicyclic) bond motifs is 1. The number of imide groups is 1. The first-order valence-electron chi connectivity index (χ1n) is 8.87. The van der Waals surface area contributed by atoms with Gasteiger partial charge in [-0.15, -0.1) is 11.8 Å². The van der Waals surface area contributed by atoms with E-state index < -0.39 is 6.17 Å². The van der Waals surface area contributed by atoms with Crippen molar-refractivity contribution in [2.24, 2.45) is 5.92 Å². The van der Waals surface area contributed by atoms with Crippen molar-refractivity contribution in [2.75, 3.05) is 19.8 Å². The zero-order valence-electron chi connectivity index (χ0n) is 15.2. The molecule has 0 radical (unpaired) electrons. The van der Waals surface area contributed by atoms with Gasteiger partial charge in [-0.3, -0.25) is 20.3 Å². The quantitative estimate of drug-likeness (QED) is 0.768. The maximum absolute atomic E-state index is 13.3. The highest BCUT2D eigenvalue weighted by Crippen LogP contribution is 2.34. The molecule has 26 heavy (non-hydrogen) atoms. The van der Waals surface area contributed by atoms with Gasteiger partial charge in [-0.05, 0) is 29.9 Å². The van der Waals surface area contributed by atoms with Gasteiger partial charge in [0.05, 0.1) is 23.6 Å². The van der Waals surface area contributed by atoms with Crippen molar-refractivity contribution in [1.82, 2.24) is 20.4 Å². The van der Waals surface area contributed by atoms with E-state index in [-0.39, 0.29) is 35.2 Å². The lowest BCUT2D eigenvalue weighted by molar-refractivity contribution is -0.140. The fourth-order valence-electron chi connectivity index (χ4n) is 3.40. The van der Waals surface area contributed by atoms with E-state index in [0.29, 0.717) is 0 Å². The van der Waals surface area contributed by atoms with E-state index in [1.165, 1.54) is 24.1 Å². The molecule has 2 aliphatic rings.